The molecule has 88 valence electrons. The minimum atomic E-state index is -0.121. The highest BCUT2D eigenvalue weighted by molar-refractivity contribution is 5.43. The first-order chi connectivity index (χ1) is 8.28. The minimum Gasteiger partial charge on any atom is -0.392 e. The third-order valence-electron chi connectivity index (χ3n) is 3.98. The molecule has 4 nitrogen and oxygen atoms in total. The zero-order valence-corrected chi connectivity index (χ0v) is 9.58. The van der Waals surface area contributed by atoms with Gasteiger partial charge in [0, 0.05) is 31.1 Å². The number of hydrogen-bond donors (Lipinski definition) is 1. The minimum absolute atomic E-state index is 0.121. The van der Waals surface area contributed by atoms with Gasteiger partial charge in [-0.3, -0.25) is 0 Å². The van der Waals surface area contributed by atoms with Crippen LogP contribution in [0.1, 0.15) is 18.4 Å². The molecule has 0 radical (unpaired) electrons. The monoisotopic (exact) mass is 229 g/mol. The molecule has 1 saturated heterocycles. The summed E-state index contributed by atoms with van der Waals surface area (Å²) in [6.45, 7) is 1.77. The molecule has 2 heterocycles. The molecule has 2 aliphatic rings. The molecule has 0 aromatic carbocycles. The van der Waals surface area contributed by atoms with E-state index in [0.29, 0.717) is 17.4 Å². The predicted octanol–water partition coefficient (Wildman–Crippen LogP) is 1.16. The van der Waals surface area contributed by atoms with Crippen LogP contribution in [-0.4, -0.2) is 29.3 Å². The Morgan fingerprint density at radius 1 is 1.29 bits per heavy atom. The van der Waals surface area contributed by atoms with Gasteiger partial charge in [0.15, 0.2) is 0 Å². The lowest BCUT2D eigenvalue weighted by Gasteiger charge is -2.36. The number of nitriles is 1. The molecule has 2 unspecified atom stereocenters. The summed E-state index contributed by atoms with van der Waals surface area (Å²) in [5, 5.41) is 18.7. The van der Waals surface area contributed by atoms with Gasteiger partial charge in [-0.05, 0) is 25.0 Å². The Morgan fingerprint density at radius 3 is 2.53 bits per heavy atom. The van der Waals surface area contributed by atoms with Crippen molar-refractivity contribution in [1.82, 2.24) is 4.98 Å². The normalized spacial score (nSPS) is 31.3. The van der Waals surface area contributed by atoms with Crippen LogP contribution in [0, 0.1) is 23.2 Å². The van der Waals surface area contributed by atoms with Crippen LogP contribution in [-0.2, 0) is 0 Å². The number of pyridine rings is 1. The number of aromatic nitrogens is 1. The number of aliphatic hydroxyl groups excluding tert-OH is 1. The Kier molecular flexibility index (Phi) is 2.49. The Morgan fingerprint density at radius 2 is 2.00 bits per heavy atom. The molecule has 2 bridgehead atoms. The van der Waals surface area contributed by atoms with Crippen LogP contribution in [0.25, 0.3) is 0 Å². The molecule has 0 spiro atoms. The standard InChI is InChI=1S/C13H15N3O/c14-5-9-1-4-12(15-6-9)16-7-10-2-3-11(8-16)13(10)17/h1,4,6,10-11,13,17H,2-3,7-8H2/t10-,11?,13?/m0/s1. The lowest BCUT2D eigenvalue weighted by atomic mass is 9.95. The highest BCUT2D eigenvalue weighted by atomic mass is 16.3. The van der Waals surface area contributed by atoms with E-state index >= 15 is 0 Å². The van der Waals surface area contributed by atoms with Gasteiger partial charge in [0.1, 0.15) is 11.9 Å². The summed E-state index contributed by atoms with van der Waals surface area (Å²) in [5.74, 6) is 1.71. The number of nitrogens with zero attached hydrogens (tertiary/aromatic N) is 3. The third kappa shape index (κ3) is 1.77. The molecular weight excluding hydrogens is 214 g/mol. The van der Waals surface area contributed by atoms with E-state index in [1.165, 1.54) is 0 Å². The van der Waals surface area contributed by atoms with E-state index in [2.05, 4.69) is 16.0 Å². The van der Waals surface area contributed by atoms with E-state index in [4.69, 9.17) is 5.26 Å². The summed E-state index contributed by atoms with van der Waals surface area (Å²) in [4.78, 5) is 6.55. The quantitative estimate of drug-likeness (QED) is 0.785. The first kappa shape index (κ1) is 10.5. The smallest absolute Gasteiger partial charge is 0.128 e. The fourth-order valence-electron chi connectivity index (χ4n) is 3.02. The summed E-state index contributed by atoms with van der Waals surface area (Å²) in [5.41, 5.74) is 0.591. The predicted molar refractivity (Wildman–Crippen MR) is 63.4 cm³/mol. The van der Waals surface area contributed by atoms with Gasteiger partial charge in [0.05, 0.1) is 11.7 Å². The van der Waals surface area contributed by atoms with Gasteiger partial charge in [-0.1, -0.05) is 0 Å². The number of anilines is 1. The fraction of sp³-hybridized carbons (Fsp3) is 0.538. The van der Waals surface area contributed by atoms with E-state index in [-0.39, 0.29) is 6.10 Å². The van der Waals surface area contributed by atoms with E-state index in [9.17, 15) is 5.11 Å². The number of rotatable bonds is 1. The lowest BCUT2D eigenvalue weighted by Crippen LogP contribution is -2.45. The van der Waals surface area contributed by atoms with Gasteiger partial charge >= 0.3 is 0 Å². The van der Waals surface area contributed by atoms with Crippen molar-refractivity contribution in [2.24, 2.45) is 11.8 Å². The van der Waals surface area contributed by atoms with Gasteiger partial charge in [-0.2, -0.15) is 5.26 Å². The SMILES string of the molecule is N#Cc1ccc(N2CC3CC[C@@H](C2)C3O)nc1. The van der Waals surface area contributed by atoms with Crippen molar-refractivity contribution < 1.29 is 5.11 Å². The molecule has 0 amide bonds. The first-order valence-corrected chi connectivity index (χ1v) is 6.07. The van der Waals surface area contributed by atoms with Gasteiger partial charge < -0.3 is 10.0 Å². The Balaban J connectivity index is 1.79. The highest BCUT2D eigenvalue weighted by Gasteiger charge is 2.41. The topological polar surface area (TPSA) is 60.2 Å². The molecule has 2 fully saturated rings. The molecule has 1 saturated carbocycles. The van der Waals surface area contributed by atoms with E-state index in [0.717, 1.165) is 31.7 Å². The third-order valence-corrected chi connectivity index (χ3v) is 3.98. The molecule has 3 atom stereocenters. The number of piperidine rings is 1. The second-order valence-electron chi connectivity index (χ2n) is 5.01. The molecule has 1 aromatic rings. The van der Waals surface area contributed by atoms with Crippen molar-refractivity contribution >= 4 is 5.82 Å². The molecule has 4 heteroatoms. The van der Waals surface area contributed by atoms with Crippen molar-refractivity contribution in [2.45, 2.75) is 18.9 Å². The summed E-state index contributed by atoms with van der Waals surface area (Å²) in [6, 6.07) is 5.77. The van der Waals surface area contributed by atoms with Crippen molar-refractivity contribution in [3.05, 3.63) is 23.9 Å². The lowest BCUT2D eigenvalue weighted by molar-refractivity contribution is 0.0790. The molecule has 1 aliphatic carbocycles. The van der Waals surface area contributed by atoms with E-state index in [1.807, 2.05) is 6.07 Å². The molecule has 1 aliphatic heterocycles. The number of aliphatic hydroxyl groups is 1. The second kappa shape index (κ2) is 4.01. The van der Waals surface area contributed by atoms with Gasteiger partial charge in [0.25, 0.3) is 0 Å². The molecule has 1 N–H and O–H groups in total. The number of hydrogen-bond acceptors (Lipinski definition) is 4. The maximum atomic E-state index is 9.97. The van der Waals surface area contributed by atoms with Crippen LogP contribution in [0.4, 0.5) is 5.82 Å². The van der Waals surface area contributed by atoms with Gasteiger partial charge in [-0.15, -0.1) is 0 Å². The zero-order chi connectivity index (χ0) is 11.8. The zero-order valence-electron chi connectivity index (χ0n) is 9.58. The fourth-order valence-corrected chi connectivity index (χ4v) is 3.02. The van der Waals surface area contributed by atoms with Crippen LogP contribution >= 0.6 is 0 Å². The van der Waals surface area contributed by atoms with E-state index in [1.54, 1.807) is 12.3 Å². The summed E-state index contributed by atoms with van der Waals surface area (Å²) in [6.07, 6.45) is 3.74. The maximum absolute atomic E-state index is 9.97. The Bertz CT molecular complexity index is 437. The van der Waals surface area contributed by atoms with Crippen molar-refractivity contribution in [2.75, 3.05) is 18.0 Å². The van der Waals surface area contributed by atoms with Crippen molar-refractivity contribution in [3.63, 3.8) is 0 Å². The average molecular weight is 229 g/mol. The largest absolute Gasteiger partial charge is 0.392 e. The maximum Gasteiger partial charge on any atom is 0.128 e. The Labute approximate surface area is 101 Å². The van der Waals surface area contributed by atoms with Crippen LogP contribution in [0.2, 0.25) is 0 Å². The molecule has 1 aromatic heterocycles. The summed E-state index contributed by atoms with van der Waals surface area (Å²) >= 11 is 0. The second-order valence-corrected chi connectivity index (χ2v) is 5.01. The van der Waals surface area contributed by atoms with Gasteiger partial charge in [-0.25, -0.2) is 4.98 Å². The summed E-state index contributed by atoms with van der Waals surface area (Å²) < 4.78 is 0. The summed E-state index contributed by atoms with van der Waals surface area (Å²) in [7, 11) is 0. The number of fused-ring (bicyclic) bond motifs is 2. The van der Waals surface area contributed by atoms with Gasteiger partial charge in [0.2, 0.25) is 0 Å². The molecule has 3 rings (SSSR count). The first-order valence-electron chi connectivity index (χ1n) is 6.07. The highest BCUT2D eigenvalue weighted by Crippen LogP contribution is 2.37. The van der Waals surface area contributed by atoms with Crippen LogP contribution < -0.4 is 4.90 Å². The Hall–Kier alpha value is -1.60. The van der Waals surface area contributed by atoms with Crippen LogP contribution in [0.3, 0.4) is 0 Å². The van der Waals surface area contributed by atoms with Crippen molar-refractivity contribution in [3.8, 4) is 6.07 Å². The van der Waals surface area contributed by atoms with E-state index < -0.39 is 0 Å². The van der Waals surface area contributed by atoms with Crippen LogP contribution in [0.5, 0.6) is 0 Å². The molecular formula is C13H15N3O. The average Bonchev–Trinajstić information content (AvgIpc) is 2.61. The van der Waals surface area contributed by atoms with Crippen molar-refractivity contribution in [1.29, 1.82) is 5.26 Å². The molecule has 17 heavy (non-hydrogen) atoms. The van der Waals surface area contributed by atoms with Crippen LogP contribution in [0.15, 0.2) is 18.3 Å².